The summed E-state index contributed by atoms with van der Waals surface area (Å²) >= 11 is 0.968. The van der Waals surface area contributed by atoms with Gasteiger partial charge in [-0.15, -0.1) is 0 Å². The average Bonchev–Trinajstić information content (AvgIpc) is 3.31. The van der Waals surface area contributed by atoms with Crippen LogP contribution in [0.2, 0.25) is 0 Å². The van der Waals surface area contributed by atoms with Crippen LogP contribution < -0.4 is 10.6 Å². The van der Waals surface area contributed by atoms with E-state index in [2.05, 4.69) is 15.6 Å². The summed E-state index contributed by atoms with van der Waals surface area (Å²) in [6.45, 7) is 0. The molecule has 3 atom stereocenters. The van der Waals surface area contributed by atoms with Crippen LogP contribution in [0.5, 0.6) is 0 Å². The van der Waals surface area contributed by atoms with Gasteiger partial charge in [-0.1, -0.05) is 0 Å². The Bertz CT molecular complexity index is 806. The summed E-state index contributed by atoms with van der Waals surface area (Å²) in [6.07, 6.45) is -0.733. The predicted molar refractivity (Wildman–Crippen MR) is 87.9 cm³/mol. The first-order chi connectivity index (χ1) is 12.4. The molecule has 1 aromatic heterocycles. The van der Waals surface area contributed by atoms with Gasteiger partial charge in [0.05, 0.1) is 0 Å². The first-order valence-corrected chi connectivity index (χ1v) is 9.08. The van der Waals surface area contributed by atoms with Gasteiger partial charge in [0.25, 0.3) is 11.1 Å². The summed E-state index contributed by atoms with van der Waals surface area (Å²) in [5, 5.41) is 6.42. The standard InChI is InChI=1S/C17H16F3N3O2S/c18-17(19,20)14-8-25-16(23-14)26-11-4-1-9(2-5-11)15(24)22-13-7-10-3-6-12(13)21-10/h1-2,4-5,8,10,12-13,21H,3,6-7H2,(H,22,24). The summed E-state index contributed by atoms with van der Waals surface area (Å²) in [5.74, 6) is -0.142. The van der Waals surface area contributed by atoms with Gasteiger partial charge in [-0.05, 0) is 55.3 Å². The number of alkyl halides is 3. The van der Waals surface area contributed by atoms with E-state index in [1.807, 2.05) is 0 Å². The molecule has 5 nitrogen and oxygen atoms in total. The molecular weight excluding hydrogens is 367 g/mol. The second-order valence-corrected chi connectivity index (χ2v) is 7.51. The van der Waals surface area contributed by atoms with Crippen LogP contribution in [0.3, 0.4) is 0 Å². The van der Waals surface area contributed by atoms with E-state index in [1.165, 1.54) is 6.42 Å². The minimum absolute atomic E-state index is 0.0948. The van der Waals surface area contributed by atoms with Crippen LogP contribution in [-0.2, 0) is 6.18 Å². The lowest BCUT2D eigenvalue weighted by Crippen LogP contribution is -2.42. The van der Waals surface area contributed by atoms with Crippen molar-refractivity contribution >= 4 is 17.7 Å². The van der Waals surface area contributed by atoms with Crippen molar-refractivity contribution in [2.45, 2.75) is 53.7 Å². The van der Waals surface area contributed by atoms with E-state index in [-0.39, 0.29) is 17.2 Å². The van der Waals surface area contributed by atoms with E-state index in [0.717, 1.165) is 24.6 Å². The summed E-state index contributed by atoms with van der Waals surface area (Å²) in [6, 6.07) is 7.63. The third kappa shape index (κ3) is 3.59. The predicted octanol–water partition coefficient (Wildman–Crippen LogP) is 3.47. The normalized spacial score (nSPS) is 24.8. The van der Waals surface area contributed by atoms with Crippen molar-refractivity contribution in [2.24, 2.45) is 0 Å². The molecule has 0 aliphatic carbocycles. The fourth-order valence-corrected chi connectivity index (χ4v) is 4.16. The Kier molecular flexibility index (Phi) is 4.44. The molecule has 0 radical (unpaired) electrons. The van der Waals surface area contributed by atoms with Crippen molar-refractivity contribution in [1.82, 2.24) is 15.6 Å². The van der Waals surface area contributed by atoms with Gasteiger partial charge in [0.1, 0.15) is 6.26 Å². The first-order valence-electron chi connectivity index (χ1n) is 8.26. The van der Waals surface area contributed by atoms with E-state index in [9.17, 15) is 18.0 Å². The van der Waals surface area contributed by atoms with Gasteiger partial charge in [-0.2, -0.15) is 18.2 Å². The molecule has 2 bridgehead atoms. The molecule has 2 aromatic rings. The highest BCUT2D eigenvalue weighted by Gasteiger charge is 2.39. The van der Waals surface area contributed by atoms with Crippen molar-refractivity contribution < 1.29 is 22.4 Å². The molecule has 1 aromatic carbocycles. The summed E-state index contributed by atoms with van der Waals surface area (Å²) in [5.41, 5.74) is -0.545. The lowest BCUT2D eigenvalue weighted by atomic mass is 9.95. The number of aromatic nitrogens is 1. The third-order valence-electron chi connectivity index (χ3n) is 4.71. The number of hydrogen-bond acceptors (Lipinski definition) is 5. The number of amides is 1. The molecule has 0 spiro atoms. The van der Waals surface area contributed by atoms with Gasteiger partial charge in [-0.3, -0.25) is 4.79 Å². The molecule has 0 saturated carbocycles. The Morgan fingerprint density at radius 2 is 2.04 bits per heavy atom. The fraction of sp³-hybridized carbons (Fsp3) is 0.412. The molecule has 3 heterocycles. The number of rotatable bonds is 4. The van der Waals surface area contributed by atoms with Crippen LogP contribution in [-0.4, -0.2) is 29.0 Å². The number of fused-ring (bicyclic) bond motifs is 2. The average molecular weight is 383 g/mol. The number of oxazole rings is 1. The van der Waals surface area contributed by atoms with Crippen molar-refractivity contribution in [1.29, 1.82) is 0 Å². The minimum atomic E-state index is -4.53. The van der Waals surface area contributed by atoms with Crippen LogP contribution in [0.25, 0.3) is 0 Å². The zero-order chi connectivity index (χ0) is 18.3. The number of carbonyl (C=O) groups excluding carboxylic acids is 1. The molecule has 26 heavy (non-hydrogen) atoms. The minimum Gasteiger partial charge on any atom is -0.439 e. The number of carbonyl (C=O) groups is 1. The maximum atomic E-state index is 12.5. The molecule has 2 aliphatic rings. The number of halogens is 3. The van der Waals surface area contributed by atoms with Gasteiger partial charge < -0.3 is 15.1 Å². The molecule has 3 unspecified atom stereocenters. The Labute approximate surface area is 151 Å². The van der Waals surface area contributed by atoms with Crippen LogP contribution in [0.1, 0.15) is 35.3 Å². The SMILES string of the molecule is O=C(NC1CC2CCC1N2)c1ccc(Sc2nc(C(F)(F)F)co2)cc1. The molecule has 2 fully saturated rings. The van der Waals surface area contributed by atoms with Crippen molar-refractivity contribution in [3.63, 3.8) is 0 Å². The highest BCUT2D eigenvalue weighted by molar-refractivity contribution is 7.99. The lowest BCUT2D eigenvalue weighted by Gasteiger charge is -2.21. The van der Waals surface area contributed by atoms with Crippen molar-refractivity contribution in [3.05, 3.63) is 41.8 Å². The third-order valence-corrected chi connectivity index (χ3v) is 5.58. The molecular formula is C17H16F3N3O2S. The van der Waals surface area contributed by atoms with Crippen LogP contribution >= 0.6 is 11.8 Å². The zero-order valence-corrected chi connectivity index (χ0v) is 14.4. The van der Waals surface area contributed by atoms with Gasteiger partial charge in [0, 0.05) is 28.6 Å². The molecule has 2 N–H and O–H groups in total. The topological polar surface area (TPSA) is 67.2 Å². The Balaban J connectivity index is 1.37. The zero-order valence-electron chi connectivity index (χ0n) is 13.5. The van der Waals surface area contributed by atoms with E-state index in [4.69, 9.17) is 4.42 Å². The smallest absolute Gasteiger partial charge is 0.436 e. The molecule has 2 aliphatic heterocycles. The first kappa shape index (κ1) is 17.4. The van der Waals surface area contributed by atoms with E-state index < -0.39 is 11.9 Å². The van der Waals surface area contributed by atoms with Crippen LogP contribution in [0.4, 0.5) is 13.2 Å². The Hall–Kier alpha value is -2.00. The monoisotopic (exact) mass is 383 g/mol. The molecule has 1 amide bonds. The quantitative estimate of drug-likeness (QED) is 0.846. The largest absolute Gasteiger partial charge is 0.439 e. The maximum absolute atomic E-state index is 12.5. The Morgan fingerprint density at radius 1 is 1.27 bits per heavy atom. The summed E-state index contributed by atoms with van der Waals surface area (Å²) in [7, 11) is 0. The molecule has 9 heteroatoms. The summed E-state index contributed by atoms with van der Waals surface area (Å²) < 4.78 is 42.4. The van der Waals surface area contributed by atoms with E-state index in [1.54, 1.807) is 24.3 Å². The van der Waals surface area contributed by atoms with Gasteiger partial charge >= 0.3 is 6.18 Å². The Morgan fingerprint density at radius 3 is 2.62 bits per heavy atom. The lowest BCUT2D eigenvalue weighted by molar-refractivity contribution is -0.141. The number of hydrogen-bond donors (Lipinski definition) is 2. The molecule has 138 valence electrons. The van der Waals surface area contributed by atoms with Gasteiger partial charge in [-0.25, -0.2) is 0 Å². The van der Waals surface area contributed by atoms with E-state index >= 15 is 0 Å². The molecule has 4 rings (SSSR count). The van der Waals surface area contributed by atoms with Crippen molar-refractivity contribution in [3.8, 4) is 0 Å². The fourth-order valence-electron chi connectivity index (χ4n) is 3.44. The van der Waals surface area contributed by atoms with Crippen molar-refractivity contribution in [2.75, 3.05) is 0 Å². The number of nitrogens with zero attached hydrogens (tertiary/aromatic N) is 1. The number of benzene rings is 1. The van der Waals surface area contributed by atoms with Gasteiger partial charge in [0.15, 0.2) is 5.69 Å². The number of nitrogens with one attached hydrogen (secondary N) is 2. The van der Waals surface area contributed by atoms with E-state index in [0.29, 0.717) is 28.8 Å². The molecule has 2 saturated heterocycles. The van der Waals surface area contributed by atoms with Gasteiger partial charge in [0.2, 0.25) is 0 Å². The van der Waals surface area contributed by atoms with Crippen LogP contribution in [0, 0.1) is 0 Å². The second kappa shape index (κ2) is 6.62. The van der Waals surface area contributed by atoms with Crippen LogP contribution in [0.15, 0.2) is 45.1 Å². The highest BCUT2D eigenvalue weighted by Crippen LogP contribution is 2.33. The second-order valence-electron chi connectivity index (χ2n) is 6.49. The summed E-state index contributed by atoms with van der Waals surface area (Å²) in [4.78, 5) is 16.4. The highest BCUT2D eigenvalue weighted by atomic mass is 32.2. The maximum Gasteiger partial charge on any atom is 0.436 e.